The van der Waals surface area contributed by atoms with E-state index in [1.54, 1.807) is 4.52 Å². The number of imide groups is 1. The van der Waals surface area contributed by atoms with E-state index in [-0.39, 0.29) is 13.0 Å². The fourth-order valence-electron chi connectivity index (χ4n) is 3.26. The van der Waals surface area contributed by atoms with Crippen molar-refractivity contribution in [3.05, 3.63) is 41.2 Å². The summed E-state index contributed by atoms with van der Waals surface area (Å²) in [6, 6.07) is 7.10. The maximum Gasteiger partial charge on any atom is 0.321 e. The van der Waals surface area contributed by atoms with Crippen molar-refractivity contribution in [1.82, 2.24) is 25.2 Å². The molecule has 1 aromatic carbocycles. The third-order valence-electron chi connectivity index (χ3n) is 4.81. The Morgan fingerprint density at radius 2 is 1.94 bits per heavy atom. The molecule has 0 atom stereocenters. The second kappa shape index (κ2) is 9.98. The van der Waals surface area contributed by atoms with Gasteiger partial charge in [-0.3, -0.25) is 14.9 Å². The first-order valence-corrected chi connectivity index (χ1v) is 9.86. The zero-order chi connectivity index (χ0) is 22.4. The van der Waals surface area contributed by atoms with E-state index in [0.29, 0.717) is 13.0 Å². The van der Waals surface area contributed by atoms with Crippen molar-refractivity contribution >= 4 is 34.5 Å². The van der Waals surface area contributed by atoms with Crippen LogP contribution in [0.3, 0.4) is 0 Å². The Hall–Kier alpha value is -3.53. The van der Waals surface area contributed by atoms with Crippen LogP contribution >= 0.6 is 0 Å². The molecule has 0 saturated carbocycles. The number of nitrogens with one attached hydrogen (secondary N) is 2. The molecule has 0 saturated heterocycles. The molecule has 10 nitrogen and oxygen atoms in total. The fraction of sp³-hybridized carbons (Fsp3) is 0.381. The van der Waals surface area contributed by atoms with Crippen molar-refractivity contribution in [2.45, 2.75) is 26.7 Å². The van der Waals surface area contributed by atoms with Crippen molar-refractivity contribution in [3.8, 4) is 0 Å². The molecule has 3 rings (SSSR count). The third kappa shape index (κ3) is 5.34. The van der Waals surface area contributed by atoms with Gasteiger partial charge in [-0.2, -0.15) is 5.10 Å². The number of ether oxygens (including phenoxy) is 2. The summed E-state index contributed by atoms with van der Waals surface area (Å²) in [6.07, 6.45) is 0.470. The van der Waals surface area contributed by atoms with Gasteiger partial charge in [0.05, 0.1) is 12.1 Å². The number of carbonyl (C=O) groups is 3. The van der Waals surface area contributed by atoms with Crippen molar-refractivity contribution in [2.24, 2.45) is 0 Å². The number of hydrogen-bond acceptors (Lipinski definition) is 7. The molecular formula is C21H25N5O5. The number of aromatic nitrogens is 3. The Kier molecular flexibility index (Phi) is 7.14. The lowest BCUT2D eigenvalue weighted by Crippen LogP contribution is -2.42. The molecule has 2 heterocycles. The van der Waals surface area contributed by atoms with Crippen molar-refractivity contribution in [1.29, 1.82) is 0 Å². The molecule has 0 unspecified atom stereocenters. The summed E-state index contributed by atoms with van der Waals surface area (Å²) in [6.45, 7) is 3.88. The van der Waals surface area contributed by atoms with Gasteiger partial charge >= 0.3 is 12.0 Å². The number of rotatable bonds is 8. The largest absolute Gasteiger partial charge is 0.456 e. The van der Waals surface area contributed by atoms with Crippen LogP contribution in [-0.2, 0) is 25.5 Å². The first kappa shape index (κ1) is 22.2. The summed E-state index contributed by atoms with van der Waals surface area (Å²) in [5.41, 5.74) is 4.24. The third-order valence-corrected chi connectivity index (χ3v) is 4.81. The molecule has 2 aromatic heterocycles. The number of methoxy groups -OCH3 is 1. The van der Waals surface area contributed by atoms with E-state index in [9.17, 15) is 14.4 Å². The standard InChI is InChI=1S/C21H25N5O5/c1-13-15(14(2)26-20(23-13)16-6-4-5-7-17(16)25-26)8-9-19(28)31-12-18(27)24-21(29)22-10-11-30-3/h4-7H,8-12H2,1-3H3,(H2,22,24,27,29). The average Bonchev–Trinajstić information content (AvgIpc) is 3.11. The molecular weight excluding hydrogens is 402 g/mol. The molecule has 0 aliphatic carbocycles. The Balaban J connectivity index is 1.56. The number of fused-ring (bicyclic) bond motifs is 3. The predicted octanol–water partition coefficient (Wildman–Crippen LogP) is 1.45. The smallest absolute Gasteiger partial charge is 0.321 e. The fourth-order valence-corrected chi connectivity index (χ4v) is 3.26. The predicted molar refractivity (Wildman–Crippen MR) is 113 cm³/mol. The molecule has 0 aliphatic heterocycles. The van der Waals surface area contributed by atoms with Crippen LogP contribution in [0.4, 0.5) is 4.79 Å². The van der Waals surface area contributed by atoms with E-state index in [1.807, 2.05) is 38.1 Å². The lowest BCUT2D eigenvalue weighted by atomic mass is 10.1. The highest BCUT2D eigenvalue weighted by Crippen LogP contribution is 2.22. The Labute approximate surface area is 178 Å². The molecule has 0 spiro atoms. The van der Waals surface area contributed by atoms with Gasteiger partial charge in [0.15, 0.2) is 12.3 Å². The summed E-state index contributed by atoms with van der Waals surface area (Å²) in [4.78, 5) is 39.9. The summed E-state index contributed by atoms with van der Waals surface area (Å²) < 4.78 is 11.5. The molecule has 0 radical (unpaired) electrons. The number of esters is 1. The van der Waals surface area contributed by atoms with Gasteiger partial charge < -0.3 is 14.8 Å². The molecule has 3 amide bonds. The lowest BCUT2D eigenvalue weighted by Gasteiger charge is -2.11. The van der Waals surface area contributed by atoms with Gasteiger partial charge in [0.1, 0.15) is 0 Å². The Bertz CT molecular complexity index is 1120. The summed E-state index contributed by atoms with van der Waals surface area (Å²) in [7, 11) is 1.50. The first-order valence-electron chi connectivity index (χ1n) is 9.86. The second-order valence-electron chi connectivity index (χ2n) is 6.97. The van der Waals surface area contributed by atoms with Crippen LogP contribution in [0.25, 0.3) is 16.6 Å². The van der Waals surface area contributed by atoms with Gasteiger partial charge in [-0.1, -0.05) is 12.1 Å². The number of hydrogen-bond donors (Lipinski definition) is 2. The van der Waals surface area contributed by atoms with Crippen molar-refractivity contribution in [3.63, 3.8) is 0 Å². The van der Waals surface area contributed by atoms with Gasteiger partial charge in [-0.05, 0) is 38.0 Å². The zero-order valence-corrected chi connectivity index (χ0v) is 17.7. The summed E-state index contributed by atoms with van der Waals surface area (Å²) in [5, 5.41) is 10.1. The maximum atomic E-state index is 12.1. The molecule has 10 heteroatoms. The minimum absolute atomic E-state index is 0.0724. The highest BCUT2D eigenvalue weighted by molar-refractivity contribution is 5.95. The molecule has 3 aromatic rings. The van der Waals surface area contributed by atoms with Crippen LogP contribution in [-0.4, -0.2) is 59.4 Å². The van der Waals surface area contributed by atoms with Crippen molar-refractivity contribution < 1.29 is 23.9 Å². The zero-order valence-electron chi connectivity index (χ0n) is 17.7. The van der Waals surface area contributed by atoms with Gasteiger partial charge in [0.2, 0.25) is 0 Å². The quantitative estimate of drug-likeness (QED) is 0.412. The lowest BCUT2D eigenvalue weighted by molar-refractivity contribution is -0.148. The minimum atomic E-state index is -0.707. The molecule has 31 heavy (non-hydrogen) atoms. The Morgan fingerprint density at radius 3 is 2.71 bits per heavy atom. The van der Waals surface area contributed by atoms with Crippen molar-refractivity contribution in [2.75, 3.05) is 26.9 Å². The number of urea groups is 1. The van der Waals surface area contributed by atoms with E-state index in [0.717, 1.165) is 33.5 Å². The molecule has 0 aliphatic rings. The second-order valence-corrected chi connectivity index (χ2v) is 6.97. The van der Waals surface area contributed by atoms with Crippen LogP contribution in [0, 0.1) is 13.8 Å². The topological polar surface area (TPSA) is 124 Å². The summed E-state index contributed by atoms with van der Waals surface area (Å²) in [5.74, 6) is -1.25. The normalized spacial score (nSPS) is 10.9. The average molecular weight is 427 g/mol. The van der Waals surface area contributed by atoms with Crippen LogP contribution in [0.15, 0.2) is 24.3 Å². The Morgan fingerprint density at radius 1 is 1.16 bits per heavy atom. The van der Waals surface area contributed by atoms with E-state index in [2.05, 4.69) is 20.7 Å². The number of aryl methyl sites for hydroxylation is 2. The highest BCUT2D eigenvalue weighted by Gasteiger charge is 2.16. The monoisotopic (exact) mass is 427 g/mol. The molecule has 0 bridgehead atoms. The van der Waals surface area contributed by atoms with Crippen LogP contribution in [0.1, 0.15) is 23.4 Å². The number of nitrogens with zero attached hydrogens (tertiary/aromatic N) is 3. The van der Waals surface area contributed by atoms with Gasteiger partial charge in [0, 0.05) is 36.8 Å². The molecule has 0 fully saturated rings. The molecule has 164 valence electrons. The van der Waals surface area contributed by atoms with Crippen LogP contribution in [0.2, 0.25) is 0 Å². The SMILES string of the molecule is COCCNC(=O)NC(=O)COC(=O)CCc1c(C)nc2c3ccccc3nn2c1C. The van der Waals surface area contributed by atoms with Gasteiger partial charge in [-0.15, -0.1) is 0 Å². The van der Waals surface area contributed by atoms with E-state index >= 15 is 0 Å². The van der Waals surface area contributed by atoms with Crippen LogP contribution in [0.5, 0.6) is 0 Å². The number of benzene rings is 1. The van der Waals surface area contributed by atoms with E-state index in [1.165, 1.54) is 7.11 Å². The molecule has 2 N–H and O–H groups in total. The summed E-state index contributed by atoms with van der Waals surface area (Å²) >= 11 is 0. The highest BCUT2D eigenvalue weighted by atomic mass is 16.5. The van der Waals surface area contributed by atoms with E-state index in [4.69, 9.17) is 9.47 Å². The van der Waals surface area contributed by atoms with Crippen LogP contribution < -0.4 is 10.6 Å². The maximum absolute atomic E-state index is 12.1. The number of amides is 3. The van der Waals surface area contributed by atoms with Gasteiger partial charge in [-0.25, -0.2) is 14.3 Å². The number of carbonyl (C=O) groups excluding carboxylic acids is 3. The van der Waals surface area contributed by atoms with Gasteiger partial charge in [0.25, 0.3) is 5.91 Å². The first-order chi connectivity index (χ1) is 14.9. The van der Waals surface area contributed by atoms with E-state index < -0.39 is 24.5 Å². The minimum Gasteiger partial charge on any atom is -0.456 e.